The SMILES string of the molecule is O=C(O)CCC(CC1CCCCC1)NC(=O)c1ccc2c(c1)NC(=O)CO2. The number of anilines is 1. The van der Waals surface area contributed by atoms with Crippen molar-refractivity contribution in [3.63, 3.8) is 0 Å². The molecule has 2 amide bonds. The summed E-state index contributed by atoms with van der Waals surface area (Å²) in [4.78, 5) is 35.1. The third-order valence-corrected chi connectivity index (χ3v) is 5.26. The Hall–Kier alpha value is -2.57. The Morgan fingerprint density at radius 2 is 2.04 bits per heavy atom. The highest BCUT2D eigenvalue weighted by Gasteiger charge is 2.23. The van der Waals surface area contributed by atoms with Gasteiger partial charge in [0.25, 0.3) is 11.8 Å². The summed E-state index contributed by atoms with van der Waals surface area (Å²) >= 11 is 0. The number of carboxylic acids is 1. The molecule has 1 atom stereocenters. The molecule has 7 nitrogen and oxygen atoms in total. The highest BCUT2D eigenvalue weighted by Crippen LogP contribution is 2.30. The molecule has 3 rings (SSSR count). The smallest absolute Gasteiger partial charge is 0.303 e. The molecule has 1 saturated carbocycles. The lowest BCUT2D eigenvalue weighted by Crippen LogP contribution is -2.37. The second kappa shape index (κ2) is 8.88. The van der Waals surface area contributed by atoms with Crippen LogP contribution in [0.4, 0.5) is 5.69 Å². The Labute approximate surface area is 158 Å². The first-order valence-corrected chi connectivity index (χ1v) is 9.60. The zero-order chi connectivity index (χ0) is 19.2. The molecule has 7 heteroatoms. The zero-order valence-corrected chi connectivity index (χ0v) is 15.3. The topological polar surface area (TPSA) is 105 Å². The van der Waals surface area contributed by atoms with Gasteiger partial charge in [0.1, 0.15) is 5.75 Å². The number of hydrogen-bond acceptors (Lipinski definition) is 4. The van der Waals surface area contributed by atoms with Crippen molar-refractivity contribution in [2.45, 2.75) is 57.4 Å². The molecule has 0 spiro atoms. The van der Waals surface area contributed by atoms with Gasteiger partial charge >= 0.3 is 5.97 Å². The Morgan fingerprint density at radius 3 is 2.78 bits per heavy atom. The third kappa shape index (κ3) is 5.45. The van der Waals surface area contributed by atoms with Crippen LogP contribution in [-0.2, 0) is 9.59 Å². The zero-order valence-electron chi connectivity index (χ0n) is 15.3. The fourth-order valence-corrected chi connectivity index (χ4v) is 3.86. The maximum atomic E-state index is 12.7. The van der Waals surface area contributed by atoms with E-state index in [2.05, 4.69) is 10.6 Å². The van der Waals surface area contributed by atoms with Crippen LogP contribution in [0.5, 0.6) is 5.75 Å². The quantitative estimate of drug-likeness (QED) is 0.681. The molecule has 27 heavy (non-hydrogen) atoms. The number of fused-ring (bicyclic) bond motifs is 1. The van der Waals surface area contributed by atoms with Crippen molar-refractivity contribution in [1.82, 2.24) is 5.32 Å². The van der Waals surface area contributed by atoms with Crippen molar-refractivity contribution >= 4 is 23.5 Å². The van der Waals surface area contributed by atoms with E-state index in [1.165, 1.54) is 19.3 Å². The average molecular weight is 374 g/mol. The van der Waals surface area contributed by atoms with Gasteiger partial charge in [-0.05, 0) is 37.0 Å². The van der Waals surface area contributed by atoms with E-state index in [9.17, 15) is 14.4 Å². The molecule has 1 aromatic carbocycles. The van der Waals surface area contributed by atoms with E-state index in [4.69, 9.17) is 9.84 Å². The summed E-state index contributed by atoms with van der Waals surface area (Å²) in [5.41, 5.74) is 0.900. The van der Waals surface area contributed by atoms with Crippen LogP contribution in [0.15, 0.2) is 18.2 Å². The first-order chi connectivity index (χ1) is 13.0. The first kappa shape index (κ1) is 19.2. The van der Waals surface area contributed by atoms with Gasteiger partial charge in [-0.2, -0.15) is 0 Å². The Bertz CT molecular complexity index is 712. The fourth-order valence-electron chi connectivity index (χ4n) is 3.86. The lowest BCUT2D eigenvalue weighted by molar-refractivity contribution is -0.137. The molecular formula is C20H26N2O5. The molecule has 1 unspecified atom stereocenters. The number of carboxylic acid groups (broad SMARTS) is 1. The summed E-state index contributed by atoms with van der Waals surface area (Å²) in [5.74, 6) is -0.295. The number of ether oxygens (including phenoxy) is 1. The molecule has 0 saturated heterocycles. The number of carbonyl (C=O) groups is 3. The number of benzene rings is 1. The summed E-state index contributed by atoms with van der Waals surface area (Å²) in [6.07, 6.45) is 7.20. The Kier molecular flexibility index (Phi) is 6.32. The molecule has 146 valence electrons. The Balaban J connectivity index is 1.66. The van der Waals surface area contributed by atoms with Crippen molar-refractivity contribution < 1.29 is 24.2 Å². The van der Waals surface area contributed by atoms with Gasteiger partial charge in [0.05, 0.1) is 5.69 Å². The van der Waals surface area contributed by atoms with Gasteiger partial charge < -0.3 is 20.5 Å². The molecule has 1 heterocycles. The summed E-state index contributed by atoms with van der Waals surface area (Å²) in [6.45, 7) is -0.0306. The predicted molar refractivity (Wildman–Crippen MR) is 99.9 cm³/mol. The molecule has 0 radical (unpaired) electrons. The van der Waals surface area contributed by atoms with Gasteiger partial charge in [-0.1, -0.05) is 32.1 Å². The average Bonchev–Trinajstić information content (AvgIpc) is 2.66. The highest BCUT2D eigenvalue weighted by molar-refractivity contribution is 5.99. The maximum Gasteiger partial charge on any atom is 0.303 e. The van der Waals surface area contributed by atoms with E-state index < -0.39 is 5.97 Å². The van der Waals surface area contributed by atoms with Crippen LogP contribution in [0.1, 0.15) is 61.7 Å². The lowest BCUT2D eigenvalue weighted by Gasteiger charge is -2.27. The number of hydrogen-bond donors (Lipinski definition) is 3. The van der Waals surface area contributed by atoms with Crippen molar-refractivity contribution in [3.05, 3.63) is 23.8 Å². The summed E-state index contributed by atoms with van der Waals surface area (Å²) in [5, 5.41) is 14.7. The van der Waals surface area contributed by atoms with Gasteiger partial charge in [0, 0.05) is 18.0 Å². The second-order valence-electron chi connectivity index (χ2n) is 7.39. The van der Waals surface area contributed by atoms with Crippen LogP contribution in [0.3, 0.4) is 0 Å². The van der Waals surface area contributed by atoms with E-state index in [1.807, 2.05) is 0 Å². The van der Waals surface area contributed by atoms with Crippen LogP contribution in [0.2, 0.25) is 0 Å². The molecule has 1 fully saturated rings. The van der Waals surface area contributed by atoms with E-state index >= 15 is 0 Å². The first-order valence-electron chi connectivity index (χ1n) is 9.60. The largest absolute Gasteiger partial charge is 0.482 e. The van der Waals surface area contributed by atoms with E-state index in [1.54, 1.807) is 18.2 Å². The minimum absolute atomic E-state index is 0.0306. The number of aliphatic carboxylic acids is 1. The van der Waals surface area contributed by atoms with Crippen molar-refractivity contribution in [1.29, 1.82) is 0 Å². The van der Waals surface area contributed by atoms with Crippen molar-refractivity contribution in [2.75, 3.05) is 11.9 Å². The van der Waals surface area contributed by atoms with Crippen LogP contribution < -0.4 is 15.4 Å². The monoisotopic (exact) mass is 374 g/mol. The normalized spacial score (nSPS) is 18.0. The van der Waals surface area contributed by atoms with Gasteiger partial charge in [-0.3, -0.25) is 14.4 Å². The number of rotatable bonds is 7. The lowest BCUT2D eigenvalue weighted by atomic mass is 9.84. The number of nitrogens with one attached hydrogen (secondary N) is 2. The predicted octanol–water partition coefficient (Wildman–Crippen LogP) is 2.95. The molecule has 1 aliphatic heterocycles. The number of carbonyl (C=O) groups excluding carboxylic acids is 2. The van der Waals surface area contributed by atoms with Gasteiger partial charge in [-0.15, -0.1) is 0 Å². The molecule has 1 aromatic rings. The van der Waals surface area contributed by atoms with Gasteiger partial charge in [0.2, 0.25) is 0 Å². The summed E-state index contributed by atoms with van der Waals surface area (Å²) in [6, 6.07) is 4.74. The molecule has 3 N–H and O–H groups in total. The fraction of sp³-hybridized carbons (Fsp3) is 0.550. The third-order valence-electron chi connectivity index (χ3n) is 5.26. The molecular weight excluding hydrogens is 348 g/mol. The van der Waals surface area contributed by atoms with Crippen molar-refractivity contribution in [2.24, 2.45) is 5.92 Å². The van der Waals surface area contributed by atoms with E-state index in [-0.39, 0.29) is 30.9 Å². The Morgan fingerprint density at radius 1 is 1.26 bits per heavy atom. The minimum atomic E-state index is -0.855. The second-order valence-corrected chi connectivity index (χ2v) is 7.39. The van der Waals surface area contributed by atoms with Crippen LogP contribution in [0.25, 0.3) is 0 Å². The van der Waals surface area contributed by atoms with Crippen LogP contribution in [0, 0.1) is 5.92 Å². The molecule has 2 aliphatic rings. The van der Waals surface area contributed by atoms with Crippen LogP contribution >= 0.6 is 0 Å². The highest BCUT2D eigenvalue weighted by atomic mass is 16.5. The van der Waals surface area contributed by atoms with Crippen molar-refractivity contribution in [3.8, 4) is 5.75 Å². The minimum Gasteiger partial charge on any atom is -0.482 e. The molecule has 0 bridgehead atoms. The standard InChI is InChI=1S/C20H26N2O5/c23-18-12-27-17-8-6-14(11-16(17)22-18)20(26)21-15(7-9-19(24)25)10-13-4-2-1-3-5-13/h6,8,11,13,15H,1-5,7,9-10,12H2,(H,21,26)(H,22,23)(H,24,25). The maximum absolute atomic E-state index is 12.7. The van der Waals surface area contributed by atoms with Gasteiger partial charge in [-0.25, -0.2) is 0 Å². The number of amides is 2. The summed E-state index contributed by atoms with van der Waals surface area (Å²) in [7, 11) is 0. The van der Waals surface area contributed by atoms with E-state index in [0.29, 0.717) is 29.3 Å². The summed E-state index contributed by atoms with van der Waals surface area (Å²) < 4.78 is 5.31. The van der Waals surface area contributed by atoms with Gasteiger partial charge in [0.15, 0.2) is 6.61 Å². The molecule has 1 aliphatic carbocycles. The molecule has 0 aromatic heterocycles. The van der Waals surface area contributed by atoms with Crippen LogP contribution in [-0.4, -0.2) is 35.5 Å². The van der Waals surface area contributed by atoms with E-state index in [0.717, 1.165) is 19.3 Å².